The summed E-state index contributed by atoms with van der Waals surface area (Å²) >= 11 is 3.47. The Hall–Kier alpha value is -0.380. The molecule has 1 heterocycles. The highest BCUT2D eigenvalue weighted by Crippen LogP contribution is 2.30. The summed E-state index contributed by atoms with van der Waals surface area (Å²) in [7, 11) is 1.98. The van der Waals surface area contributed by atoms with Crippen LogP contribution in [-0.2, 0) is 10.3 Å². The van der Waals surface area contributed by atoms with Gasteiger partial charge in [-0.15, -0.1) is 0 Å². The molecule has 0 bridgehead atoms. The van der Waals surface area contributed by atoms with Crippen LogP contribution in [0.2, 0.25) is 0 Å². The fourth-order valence-corrected chi connectivity index (χ4v) is 1.95. The maximum absolute atomic E-state index is 5.25. The van der Waals surface area contributed by atoms with Crippen LogP contribution < -0.4 is 5.32 Å². The molecule has 0 spiro atoms. The van der Waals surface area contributed by atoms with Gasteiger partial charge in [0.25, 0.3) is 0 Å². The maximum Gasteiger partial charge on any atom is 0.0906 e. The minimum atomic E-state index is 0.0454. The van der Waals surface area contributed by atoms with Crippen molar-refractivity contribution in [1.82, 2.24) is 5.32 Å². The average molecular weight is 242 g/mol. The van der Waals surface area contributed by atoms with Gasteiger partial charge in [0.15, 0.2) is 0 Å². The van der Waals surface area contributed by atoms with Crippen molar-refractivity contribution in [1.29, 1.82) is 0 Å². The number of nitrogens with one attached hydrogen (secondary N) is 1. The van der Waals surface area contributed by atoms with E-state index in [4.69, 9.17) is 4.74 Å². The van der Waals surface area contributed by atoms with E-state index < -0.39 is 0 Å². The van der Waals surface area contributed by atoms with E-state index in [2.05, 4.69) is 39.4 Å². The third-order valence-electron chi connectivity index (χ3n) is 2.55. The van der Waals surface area contributed by atoms with E-state index in [1.165, 1.54) is 5.56 Å². The van der Waals surface area contributed by atoms with Gasteiger partial charge in [-0.25, -0.2) is 0 Å². The summed E-state index contributed by atoms with van der Waals surface area (Å²) < 4.78 is 6.36. The highest BCUT2D eigenvalue weighted by molar-refractivity contribution is 9.10. The Morgan fingerprint density at radius 1 is 1.46 bits per heavy atom. The molecule has 13 heavy (non-hydrogen) atoms. The fourth-order valence-electron chi connectivity index (χ4n) is 1.55. The fraction of sp³-hybridized carbons (Fsp3) is 0.400. The highest BCUT2D eigenvalue weighted by Gasteiger charge is 2.38. The summed E-state index contributed by atoms with van der Waals surface area (Å²) in [5.74, 6) is 0. The van der Waals surface area contributed by atoms with Crippen molar-refractivity contribution in [3.8, 4) is 0 Å². The molecule has 1 saturated heterocycles. The average Bonchev–Trinajstić information content (AvgIpc) is 2.03. The number of hydrogen-bond donors (Lipinski definition) is 1. The van der Waals surface area contributed by atoms with Gasteiger partial charge in [-0.1, -0.05) is 28.1 Å². The summed E-state index contributed by atoms with van der Waals surface area (Å²) in [5.41, 5.74) is 1.33. The standard InChI is InChI=1S/C10H12BrNO/c1-12-10(6-13-7-10)8-3-2-4-9(11)5-8/h2-5,12H,6-7H2,1H3. The molecular weight excluding hydrogens is 230 g/mol. The summed E-state index contributed by atoms with van der Waals surface area (Å²) in [4.78, 5) is 0. The molecule has 3 heteroatoms. The first-order valence-electron chi connectivity index (χ1n) is 4.29. The molecule has 1 N–H and O–H groups in total. The van der Waals surface area contributed by atoms with Gasteiger partial charge in [-0.2, -0.15) is 0 Å². The summed E-state index contributed by atoms with van der Waals surface area (Å²) in [6.45, 7) is 1.53. The minimum absolute atomic E-state index is 0.0454. The van der Waals surface area contributed by atoms with Gasteiger partial charge in [-0.05, 0) is 24.7 Å². The van der Waals surface area contributed by atoms with Gasteiger partial charge >= 0.3 is 0 Å². The third kappa shape index (κ3) is 1.52. The van der Waals surface area contributed by atoms with E-state index in [1.807, 2.05) is 13.1 Å². The van der Waals surface area contributed by atoms with Crippen LogP contribution in [0.4, 0.5) is 0 Å². The molecule has 2 nitrogen and oxygen atoms in total. The van der Waals surface area contributed by atoms with Crippen LogP contribution in [0.15, 0.2) is 28.7 Å². The molecule has 1 aromatic rings. The first-order valence-corrected chi connectivity index (χ1v) is 5.09. The van der Waals surface area contributed by atoms with Gasteiger partial charge in [0.1, 0.15) is 0 Å². The van der Waals surface area contributed by atoms with E-state index in [-0.39, 0.29) is 5.54 Å². The second-order valence-corrected chi connectivity index (χ2v) is 4.25. The summed E-state index contributed by atoms with van der Waals surface area (Å²) in [5, 5.41) is 3.31. The van der Waals surface area contributed by atoms with E-state index in [1.54, 1.807) is 0 Å². The molecule has 0 unspecified atom stereocenters. The van der Waals surface area contributed by atoms with Crippen molar-refractivity contribution in [2.24, 2.45) is 0 Å². The number of ether oxygens (including phenoxy) is 1. The second-order valence-electron chi connectivity index (χ2n) is 3.34. The molecule has 0 aliphatic carbocycles. The minimum Gasteiger partial charge on any atom is -0.377 e. The van der Waals surface area contributed by atoms with Crippen molar-refractivity contribution in [3.05, 3.63) is 34.3 Å². The number of likely N-dealkylation sites (N-methyl/N-ethyl adjacent to an activating group) is 1. The van der Waals surface area contributed by atoms with E-state index >= 15 is 0 Å². The lowest BCUT2D eigenvalue weighted by Gasteiger charge is -2.41. The van der Waals surface area contributed by atoms with Gasteiger partial charge in [0.2, 0.25) is 0 Å². The van der Waals surface area contributed by atoms with Gasteiger partial charge < -0.3 is 10.1 Å². The van der Waals surface area contributed by atoms with Crippen molar-refractivity contribution in [3.63, 3.8) is 0 Å². The SMILES string of the molecule is CNC1(c2cccc(Br)c2)COC1. The third-order valence-corrected chi connectivity index (χ3v) is 3.05. The Bertz CT molecular complexity index is 304. The molecule has 0 radical (unpaired) electrons. The molecule has 1 aliphatic rings. The summed E-state index contributed by atoms with van der Waals surface area (Å²) in [6, 6.07) is 8.35. The van der Waals surface area contributed by atoms with Crippen LogP contribution in [0.3, 0.4) is 0 Å². The van der Waals surface area contributed by atoms with Crippen molar-refractivity contribution < 1.29 is 4.74 Å². The number of rotatable bonds is 2. The molecule has 1 fully saturated rings. The van der Waals surface area contributed by atoms with E-state index in [9.17, 15) is 0 Å². The zero-order chi connectivity index (χ0) is 9.31. The largest absolute Gasteiger partial charge is 0.377 e. The molecule has 0 amide bonds. The monoisotopic (exact) mass is 241 g/mol. The van der Waals surface area contributed by atoms with Crippen LogP contribution in [0.25, 0.3) is 0 Å². The molecular formula is C10H12BrNO. The van der Waals surface area contributed by atoms with Crippen molar-refractivity contribution in [2.45, 2.75) is 5.54 Å². The first-order chi connectivity index (χ1) is 6.27. The van der Waals surface area contributed by atoms with Gasteiger partial charge in [0, 0.05) is 4.47 Å². The molecule has 0 aromatic heterocycles. The molecule has 0 atom stereocenters. The smallest absolute Gasteiger partial charge is 0.0906 e. The zero-order valence-electron chi connectivity index (χ0n) is 7.51. The predicted octanol–water partition coefficient (Wildman–Crippen LogP) is 1.89. The lowest BCUT2D eigenvalue weighted by Crippen LogP contribution is -2.56. The van der Waals surface area contributed by atoms with Crippen LogP contribution in [0.5, 0.6) is 0 Å². The molecule has 1 aromatic carbocycles. The topological polar surface area (TPSA) is 21.3 Å². The Morgan fingerprint density at radius 2 is 2.23 bits per heavy atom. The normalized spacial score (nSPS) is 19.5. The molecule has 1 aliphatic heterocycles. The summed E-state index contributed by atoms with van der Waals surface area (Å²) in [6.07, 6.45) is 0. The molecule has 70 valence electrons. The lowest BCUT2D eigenvalue weighted by atomic mass is 9.88. The van der Waals surface area contributed by atoms with Crippen LogP contribution in [0, 0.1) is 0 Å². The van der Waals surface area contributed by atoms with Crippen molar-refractivity contribution in [2.75, 3.05) is 20.3 Å². The number of benzene rings is 1. The van der Waals surface area contributed by atoms with Crippen LogP contribution in [-0.4, -0.2) is 20.3 Å². The van der Waals surface area contributed by atoms with Crippen molar-refractivity contribution >= 4 is 15.9 Å². The lowest BCUT2D eigenvalue weighted by molar-refractivity contribution is -0.0748. The predicted molar refractivity (Wildman–Crippen MR) is 55.7 cm³/mol. The number of hydrogen-bond acceptors (Lipinski definition) is 2. The Labute approximate surface area is 86.4 Å². The van der Waals surface area contributed by atoms with Gasteiger partial charge in [-0.3, -0.25) is 0 Å². The van der Waals surface area contributed by atoms with Crippen LogP contribution >= 0.6 is 15.9 Å². The Balaban J connectivity index is 2.33. The Morgan fingerprint density at radius 3 is 2.69 bits per heavy atom. The highest BCUT2D eigenvalue weighted by atomic mass is 79.9. The van der Waals surface area contributed by atoms with E-state index in [0.29, 0.717) is 0 Å². The Kier molecular flexibility index (Phi) is 2.41. The second kappa shape index (κ2) is 3.40. The molecule has 0 saturated carbocycles. The number of halogens is 1. The van der Waals surface area contributed by atoms with Crippen LogP contribution in [0.1, 0.15) is 5.56 Å². The zero-order valence-corrected chi connectivity index (χ0v) is 9.10. The maximum atomic E-state index is 5.25. The molecule has 2 rings (SSSR count). The van der Waals surface area contributed by atoms with E-state index in [0.717, 1.165) is 17.7 Å². The quantitative estimate of drug-likeness (QED) is 0.855. The van der Waals surface area contributed by atoms with Gasteiger partial charge in [0.05, 0.1) is 18.8 Å². The first kappa shape index (κ1) is 9.19.